The van der Waals surface area contributed by atoms with Gasteiger partial charge in [0.25, 0.3) is 0 Å². The molecular weight excluding hydrogens is 702 g/mol. The van der Waals surface area contributed by atoms with Gasteiger partial charge in [-0.1, -0.05) is 30.7 Å². The van der Waals surface area contributed by atoms with E-state index in [9.17, 15) is 35.0 Å². The van der Waals surface area contributed by atoms with Crippen LogP contribution in [0.2, 0.25) is 0 Å². The number of halogens is 1. The van der Waals surface area contributed by atoms with Crippen molar-refractivity contribution in [3.8, 4) is 11.5 Å². The topological polar surface area (TPSA) is 161 Å². The normalized spacial score (nSPS) is 20.6. The van der Waals surface area contributed by atoms with Gasteiger partial charge in [-0.15, -0.1) is 0 Å². The predicted molar refractivity (Wildman–Crippen MR) is 183 cm³/mol. The lowest BCUT2D eigenvalue weighted by molar-refractivity contribution is -0.123. The van der Waals surface area contributed by atoms with E-state index < -0.39 is 49.4 Å². The first-order chi connectivity index (χ1) is 22.1. The summed E-state index contributed by atoms with van der Waals surface area (Å²) in [7, 11) is -0.279. The third-order valence-corrected chi connectivity index (χ3v) is 9.71. The molecule has 240 valence electrons. The number of aromatic nitrogens is 1. The number of fused-ring (bicyclic) bond motifs is 1. The number of pyridine rings is 1. The van der Waals surface area contributed by atoms with E-state index in [4.69, 9.17) is 4.74 Å². The molecule has 2 amide bonds. The highest BCUT2D eigenvalue weighted by atomic mass is 127. The van der Waals surface area contributed by atoms with Gasteiger partial charge in [0.05, 0.1) is 46.6 Å². The molecule has 0 unspecified atom stereocenters. The van der Waals surface area contributed by atoms with Crippen LogP contribution in [0, 0.1) is 21.3 Å². The zero-order valence-corrected chi connectivity index (χ0v) is 27.7. The molecule has 1 aromatic heterocycles. The minimum Gasteiger partial charge on any atom is -0.504 e. The van der Waals surface area contributed by atoms with Crippen LogP contribution in [0.4, 0.5) is 5.69 Å². The van der Waals surface area contributed by atoms with Crippen molar-refractivity contribution in [1.29, 1.82) is 0 Å². The van der Waals surface area contributed by atoms with Crippen molar-refractivity contribution in [2.24, 2.45) is 17.8 Å². The number of hydrogen-bond donors (Lipinski definition) is 5. The third-order valence-electron chi connectivity index (χ3n) is 8.89. The summed E-state index contributed by atoms with van der Waals surface area (Å²) in [6.07, 6.45) is 4.11. The minimum atomic E-state index is -1.76. The summed E-state index contributed by atoms with van der Waals surface area (Å²) in [5, 5.41) is 52.0. The number of phenolic OH excluding ortho intramolecular Hbond substituents is 1. The van der Waals surface area contributed by atoms with Gasteiger partial charge in [0.15, 0.2) is 11.5 Å². The fraction of sp³-hybridized carbons (Fsp3) is 0.324. The summed E-state index contributed by atoms with van der Waals surface area (Å²) < 4.78 is 5.95. The first-order valence-electron chi connectivity index (χ1n) is 15.1. The molecular formula is C34H36BIN2O8. The SMILES string of the molecule is CCC1=C([C@H](O)CC/C(=C/c2cc(I)c(O)c(OC)c2)c2ccccn2)[C@H](CO)[C@@H]2C(=O)N(c3cccc(B(O)O)c3)C(=O)[C@@H]2C1. The van der Waals surface area contributed by atoms with Gasteiger partial charge in [0.1, 0.15) is 0 Å². The molecule has 0 spiro atoms. The van der Waals surface area contributed by atoms with E-state index in [2.05, 4.69) is 4.98 Å². The number of benzene rings is 2. The molecule has 2 aromatic carbocycles. The number of aliphatic hydroxyl groups excluding tert-OH is 2. The Kier molecular flexibility index (Phi) is 10.6. The van der Waals surface area contributed by atoms with Gasteiger partial charge in [0.2, 0.25) is 11.8 Å². The number of carbonyl (C=O) groups excluding carboxylic acids is 2. The minimum absolute atomic E-state index is 0.0527. The Morgan fingerprint density at radius 3 is 2.59 bits per heavy atom. The Morgan fingerprint density at radius 1 is 1.15 bits per heavy atom. The molecule has 0 saturated carbocycles. The molecule has 3 aromatic rings. The second kappa shape index (κ2) is 14.5. The van der Waals surface area contributed by atoms with Crippen molar-refractivity contribution in [2.75, 3.05) is 18.6 Å². The Bertz CT molecular complexity index is 1680. The van der Waals surface area contributed by atoms with Crippen LogP contribution >= 0.6 is 22.6 Å². The summed E-state index contributed by atoms with van der Waals surface area (Å²) in [6, 6.07) is 15.1. The van der Waals surface area contributed by atoms with Crippen LogP contribution in [0.25, 0.3) is 11.6 Å². The Labute approximate surface area is 281 Å². The van der Waals surface area contributed by atoms with E-state index in [1.54, 1.807) is 24.4 Å². The Balaban J connectivity index is 1.44. The molecule has 4 atom stereocenters. The molecule has 2 heterocycles. The number of imide groups is 1. The smallest absolute Gasteiger partial charge is 0.488 e. The van der Waals surface area contributed by atoms with E-state index in [1.165, 1.54) is 19.2 Å². The average molecular weight is 738 g/mol. The number of allylic oxidation sites excluding steroid dienone is 2. The molecule has 46 heavy (non-hydrogen) atoms. The summed E-state index contributed by atoms with van der Waals surface area (Å²) in [4.78, 5) is 33.1. The number of anilines is 1. The third kappa shape index (κ3) is 6.63. The first-order valence-corrected chi connectivity index (χ1v) is 16.2. The number of hydrogen-bond acceptors (Lipinski definition) is 9. The first kappa shape index (κ1) is 33.8. The quantitative estimate of drug-likeness (QED) is 0.0862. The van der Waals surface area contributed by atoms with Crippen molar-refractivity contribution < 1.29 is 39.7 Å². The van der Waals surface area contributed by atoms with E-state index in [-0.39, 0.29) is 29.7 Å². The summed E-state index contributed by atoms with van der Waals surface area (Å²) >= 11 is 2.04. The molecule has 0 radical (unpaired) electrons. The van der Waals surface area contributed by atoms with Gasteiger partial charge in [0, 0.05) is 12.1 Å². The van der Waals surface area contributed by atoms with Crippen molar-refractivity contribution in [3.05, 3.63) is 86.8 Å². The van der Waals surface area contributed by atoms with E-state index in [0.29, 0.717) is 33.4 Å². The van der Waals surface area contributed by atoms with Gasteiger partial charge in [-0.2, -0.15) is 0 Å². The fourth-order valence-electron chi connectivity index (χ4n) is 6.69. The maximum Gasteiger partial charge on any atom is 0.488 e. The zero-order valence-electron chi connectivity index (χ0n) is 25.5. The molecule has 1 fully saturated rings. The van der Waals surface area contributed by atoms with Crippen molar-refractivity contribution in [1.82, 2.24) is 4.98 Å². The van der Waals surface area contributed by atoms with Crippen LogP contribution in [0.5, 0.6) is 11.5 Å². The highest BCUT2D eigenvalue weighted by Crippen LogP contribution is 2.48. The zero-order chi connectivity index (χ0) is 33.1. The fourth-order valence-corrected chi connectivity index (χ4v) is 7.31. The number of aromatic hydroxyl groups is 1. The number of amides is 2. The molecule has 5 rings (SSSR count). The average Bonchev–Trinajstić information content (AvgIpc) is 3.32. The van der Waals surface area contributed by atoms with E-state index in [1.807, 2.05) is 59.9 Å². The van der Waals surface area contributed by atoms with Gasteiger partial charge in [-0.25, -0.2) is 0 Å². The number of rotatable bonds is 11. The van der Waals surface area contributed by atoms with Gasteiger partial charge < -0.3 is 30.1 Å². The number of nitrogens with zero attached hydrogens (tertiary/aromatic N) is 2. The number of methoxy groups -OCH3 is 1. The van der Waals surface area contributed by atoms with Crippen LogP contribution in [0.3, 0.4) is 0 Å². The Hall–Kier alpha value is -3.56. The van der Waals surface area contributed by atoms with Crippen LogP contribution in [0.1, 0.15) is 43.9 Å². The van der Waals surface area contributed by atoms with E-state index >= 15 is 0 Å². The maximum absolute atomic E-state index is 13.8. The van der Waals surface area contributed by atoms with Crippen LogP contribution < -0.4 is 15.1 Å². The van der Waals surface area contributed by atoms with Crippen LogP contribution in [-0.4, -0.2) is 69.1 Å². The van der Waals surface area contributed by atoms with Gasteiger partial charge in [-0.3, -0.25) is 19.5 Å². The van der Waals surface area contributed by atoms with Crippen LogP contribution in [0.15, 0.2) is 71.9 Å². The highest BCUT2D eigenvalue weighted by molar-refractivity contribution is 14.1. The lowest BCUT2D eigenvalue weighted by atomic mass is 9.67. The summed E-state index contributed by atoms with van der Waals surface area (Å²) in [6.45, 7) is 1.51. The number of phenols is 1. The lowest BCUT2D eigenvalue weighted by Crippen LogP contribution is -2.39. The number of carbonyl (C=O) groups is 2. The molecule has 5 N–H and O–H groups in total. The molecule has 12 heteroatoms. The molecule has 0 bridgehead atoms. The Morgan fingerprint density at radius 2 is 1.93 bits per heavy atom. The van der Waals surface area contributed by atoms with Crippen LogP contribution in [-0.2, 0) is 9.59 Å². The second-order valence-corrected chi connectivity index (χ2v) is 12.7. The van der Waals surface area contributed by atoms with Crippen molar-refractivity contribution in [2.45, 2.75) is 38.7 Å². The maximum atomic E-state index is 13.8. The molecule has 10 nitrogen and oxygen atoms in total. The highest BCUT2D eigenvalue weighted by Gasteiger charge is 2.55. The summed E-state index contributed by atoms with van der Waals surface area (Å²) in [5.41, 5.74) is 4.15. The molecule has 1 saturated heterocycles. The van der Waals surface area contributed by atoms with E-state index in [0.717, 1.165) is 21.6 Å². The number of ether oxygens (including phenoxy) is 1. The van der Waals surface area contributed by atoms with Gasteiger partial charge in [-0.05, 0) is 113 Å². The monoisotopic (exact) mass is 738 g/mol. The number of aliphatic hydroxyl groups is 2. The molecule has 1 aliphatic carbocycles. The predicted octanol–water partition coefficient (Wildman–Crippen LogP) is 3.29. The summed E-state index contributed by atoms with van der Waals surface area (Å²) in [5.74, 6) is -2.83. The largest absolute Gasteiger partial charge is 0.504 e. The van der Waals surface area contributed by atoms with Crippen molar-refractivity contribution in [3.63, 3.8) is 0 Å². The second-order valence-electron chi connectivity index (χ2n) is 11.5. The molecule has 1 aliphatic heterocycles. The molecule has 2 aliphatic rings. The van der Waals surface area contributed by atoms with Gasteiger partial charge >= 0.3 is 7.12 Å². The lowest BCUT2D eigenvalue weighted by Gasteiger charge is -2.36. The standard InChI is InChI=1S/C34H36BIN2O8/c1-3-20-16-24-31(34(43)38(33(24)42)23-8-6-7-22(17-23)35(44)45)25(18-39)30(20)28(40)11-10-21(27-9-4-5-12-37-27)13-19-14-26(36)32(41)29(15-19)46-2/h4-9,12-15,17,24-25,28,31,39-41,44-45H,3,10-11,16,18H2,1-2H3/b21-13-/t24-,25+,28-,31-/m1/s1. The van der Waals surface area contributed by atoms with Crippen molar-refractivity contribution >= 4 is 64.3 Å².